The van der Waals surface area contributed by atoms with Gasteiger partial charge in [-0.15, -0.1) is 0 Å². The summed E-state index contributed by atoms with van der Waals surface area (Å²) in [6.07, 6.45) is 5.32. The smallest absolute Gasteiger partial charge is 0.301 e. The van der Waals surface area contributed by atoms with E-state index in [4.69, 9.17) is 0 Å². The van der Waals surface area contributed by atoms with Crippen LogP contribution in [0.5, 0.6) is 0 Å². The van der Waals surface area contributed by atoms with E-state index in [1.54, 1.807) is 12.4 Å². The van der Waals surface area contributed by atoms with Crippen molar-refractivity contribution in [1.29, 1.82) is 0 Å². The van der Waals surface area contributed by atoms with Gasteiger partial charge < -0.3 is 5.32 Å². The molecule has 8 heteroatoms. The van der Waals surface area contributed by atoms with E-state index < -0.39 is 10.2 Å². The van der Waals surface area contributed by atoms with Crippen molar-refractivity contribution >= 4 is 15.9 Å². The lowest BCUT2D eigenvalue weighted by molar-refractivity contribution is 0.343. The monoisotopic (exact) mass is 273 g/mol. The molecule has 2 N–H and O–H groups in total. The molecule has 0 amide bonds. The summed E-state index contributed by atoms with van der Waals surface area (Å²) in [7, 11) is -0.480. The molecule has 1 saturated heterocycles. The van der Waals surface area contributed by atoms with Crippen LogP contribution in [0.4, 0.5) is 5.69 Å². The molecule has 0 aliphatic carbocycles. The van der Waals surface area contributed by atoms with Gasteiger partial charge in [0.2, 0.25) is 0 Å². The molecule has 2 heterocycles. The van der Waals surface area contributed by atoms with Gasteiger partial charge in [-0.2, -0.15) is 17.8 Å². The van der Waals surface area contributed by atoms with E-state index in [1.165, 1.54) is 14.1 Å². The highest BCUT2D eigenvalue weighted by Crippen LogP contribution is 2.20. The predicted octanol–water partition coefficient (Wildman–Crippen LogP) is 0.0259. The zero-order valence-electron chi connectivity index (χ0n) is 10.6. The van der Waals surface area contributed by atoms with Gasteiger partial charge in [0.15, 0.2) is 0 Å². The molecule has 18 heavy (non-hydrogen) atoms. The van der Waals surface area contributed by atoms with Gasteiger partial charge in [-0.1, -0.05) is 0 Å². The Kier molecular flexibility index (Phi) is 3.88. The third-order valence-corrected chi connectivity index (χ3v) is 4.47. The number of aromatic nitrogens is 2. The molecule has 0 bridgehead atoms. The largest absolute Gasteiger partial charge is 0.317 e. The summed E-state index contributed by atoms with van der Waals surface area (Å²) < 4.78 is 28.8. The summed E-state index contributed by atoms with van der Waals surface area (Å²) in [5, 5.41) is 7.51. The first-order valence-electron chi connectivity index (χ1n) is 5.94. The molecule has 0 saturated carbocycles. The zero-order chi connectivity index (χ0) is 13.2. The quantitative estimate of drug-likeness (QED) is 0.811. The van der Waals surface area contributed by atoms with Crippen molar-refractivity contribution < 1.29 is 8.42 Å². The van der Waals surface area contributed by atoms with E-state index in [2.05, 4.69) is 15.1 Å². The number of nitrogens with zero attached hydrogens (tertiary/aromatic N) is 3. The van der Waals surface area contributed by atoms with Gasteiger partial charge in [0, 0.05) is 20.3 Å². The summed E-state index contributed by atoms with van der Waals surface area (Å²) in [4.78, 5) is 0. The van der Waals surface area contributed by atoms with Crippen LogP contribution >= 0.6 is 0 Å². The van der Waals surface area contributed by atoms with Crippen LogP contribution in [0, 0.1) is 0 Å². The molecular formula is C10H19N5O2S. The first-order chi connectivity index (χ1) is 8.49. The van der Waals surface area contributed by atoms with Crippen molar-refractivity contribution in [1.82, 2.24) is 19.4 Å². The molecule has 1 aliphatic rings. The van der Waals surface area contributed by atoms with Crippen molar-refractivity contribution in [3.8, 4) is 0 Å². The van der Waals surface area contributed by atoms with Crippen LogP contribution < -0.4 is 10.0 Å². The van der Waals surface area contributed by atoms with Gasteiger partial charge in [0.1, 0.15) is 0 Å². The maximum absolute atomic E-state index is 11.7. The van der Waals surface area contributed by atoms with Crippen LogP contribution in [0.2, 0.25) is 0 Å². The molecule has 7 nitrogen and oxygen atoms in total. The minimum absolute atomic E-state index is 0.351. The summed E-state index contributed by atoms with van der Waals surface area (Å²) in [6.45, 7) is 1.95. The molecule has 102 valence electrons. The second-order valence-corrected chi connectivity index (χ2v) is 6.46. The van der Waals surface area contributed by atoms with Crippen molar-refractivity contribution in [3.63, 3.8) is 0 Å². The Labute approximate surface area is 107 Å². The molecule has 1 fully saturated rings. The average molecular weight is 273 g/mol. The van der Waals surface area contributed by atoms with E-state index in [0.29, 0.717) is 11.7 Å². The van der Waals surface area contributed by atoms with E-state index in [1.807, 2.05) is 4.68 Å². The topological polar surface area (TPSA) is 79.3 Å². The maximum atomic E-state index is 11.7. The molecular weight excluding hydrogens is 254 g/mol. The highest BCUT2D eigenvalue weighted by molar-refractivity contribution is 7.90. The molecule has 0 aromatic carbocycles. The molecule has 1 aliphatic heterocycles. The molecule has 0 spiro atoms. The Morgan fingerprint density at radius 3 is 2.72 bits per heavy atom. The van der Waals surface area contributed by atoms with Crippen LogP contribution in [0.25, 0.3) is 0 Å². The number of piperidine rings is 1. The lowest BCUT2D eigenvalue weighted by atomic mass is 10.1. The SMILES string of the molecule is CN(C)S(=O)(=O)Nc1cnn(C2CCNCC2)c1. The second-order valence-electron chi connectivity index (χ2n) is 4.58. The van der Waals surface area contributed by atoms with E-state index in [0.717, 1.165) is 30.2 Å². The fourth-order valence-corrected chi connectivity index (χ4v) is 2.49. The van der Waals surface area contributed by atoms with Crippen molar-refractivity contribution in [2.75, 3.05) is 31.9 Å². The number of rotatable bonds is 4. The lowest BCUT2D eigenvalue weighted by Crippen LogP contribution is -2.30. The van der Waals surface area contributed by atoms with Crippen LogP contribution in [-0.2, 0) is 10.2 Å². The molecule has 1 aromatic heterocycles. The Morgan fingerprint density at radius 1 is 1.44 bits per heavy atom. The Hall–Kier alpha value is -1.12. The molecule has 0 radical (unpaired) electrons. The van der Waals surface area contributed by atoms with Crippen LogP contribution in [0.15, 0.2) is 12.4 Å². The first kappa shape index (κ1) is 13.3. The van der Waals surface area contributed by atoms with E-state index in [9.17, 15) is 8.42 Å². The fraction of sp³-hybridized carbons (Fsp3) is 0.700. The summed E-state index contributed by atoms with van der Waals surface area (Å²) in [6, 6.07) is 0.351. The van der Waals surface area contributed by atoms with Crippen LogP contribution in [0.1, 0.15) is 18.9 Å². The van der Waals surface area contributed by atoms with Crippen LogP contribution in [0.3, 0.4) is 0 Å². The Bertz CT molecular complexity index is 490. The van der Waals surface area contributed by atoms with Gasteiger partial charge in [-0.3, -0.25) is 9.40 Å². The van der Waals surface area contributed by atoms with Gasteiger partial charge in [-0.25, -0.2) is 0 Å². The summed E-state index contributed by atoms with van der Waals surface area (Å²) >= 11 is 0. The molecule has 0 unspecified atom stereocenters. The van der Waals surface area contributed by atoms with Crippen LogP contribution in [-0.4, -0.2) is 49.7 Å². The first-order valence-corrected chi connectivity index (χ1v) is 7.38. The second kappa shape index (κ2) is 5.25. The minimum atomic E-state index is -3.45. The van der Waals surface area contributed by atoms with E-state index in [-0.39, 0.29) is 0 Å². The van der Waals surface area contributed by atoms with Crippen molar-refractivity contribution in [2.24, 2.45) is 0 Å². The van der Waals surface area contributed by atoms with Gasteiger partial charge in [0.05, 0.1) is 17.9 Å². The number of anilines is 1. The standard InChI is InChI=1S/C10H19N5O2S/c1-14(2)18(16,17)13-9-7-12-15(8-9)10-3-5-11-6-4-10/h7-8,10-11,13H,3-6H2,1-2H3. The minimum Gasteiger partial charge on any atom is -0.317 e. The molecule has 0 atom stereocenters. The predicted molar refractivity (Wildman–Crippen MR) is 69.6 cm³/mol. The number of hydrogen-bond donors (Lipinski definition) is 2. The Morgan fingerprint density at radius 2 is 2.11 bits per heavy atom. The normalized spacial score (nSPS) is 18.2. The van der Waals surface area contributed by atoms with E-state index >= 15 is 0 Å². The van der Waals surface area contributed by atoms with Gasteiger partial charge in [0.25, 0.3) is 0 Å². The lowest BCUT2D eigenvalue weighted by Gasteiger charge is -2.22. The zero-order valence-corrected chi connectivity index (χ0v) is 11.4. The van der Waals surface area contributed by atoms with Crippen molar-refractivity contribution in [3.05, 3.63) is 12.4 Å². The Balaban J connectivity index is 2.06. The highest BCUT2D eigenvalue weighted by atomic mass is 32.2. The average Bonchev–Trinajstić information content (AvgIpc) is 2.78. The van der Waals surface area contributed by atoms with Gasteiger partial charge in [-0.05, 0) is 25.9 Å². The molecule has 2 rings (SSSR count). The highest BCUT2D eigenvalue weighted by Gasteiger charge is 2.18. The number of hydrogen-bond acceptors (Lipinski definition) is 4. The van der Waals surface area contributed by atoms with Gasteiger partial charge >= 0.3 is 10.2 Å². The number of nitrogens with one attached hydrogen (secondary N) is 2. The summed E-state index contributed by atoms with van der Waals surface area (Å²) in [5.41, 5.74) is 0.502. The summed E-state index contributed by atoms with van der Waals surface area (Å²) in [5.74, 6) is 0. The third kappa shape index (κ3) is 3.01. The van der Waals surface area contributed by atoms with Crippen molar-refractivity contribution in [2.45, 2.75) is 18.9 Å². The third-order valence-electron chi connectivity index (χ3n) is 3.01. The fourth-order valence-electron chi connectivity index (χ4n) is 1.90. The maximum Gasteiger partial charge on any atom is 0.301 e. The molecule has 1 aromatic rings.